The van der Waals surface area contributed by atoms with E-state index in [9.17, 15) is 0 Å². The molecule has 0 radical (unpaired) electrons. The van der Waals surface area contributed by atoms with Crippen LogP contribution in [0.2, 0.25) is 0 Å². The van der Waals surface area contributed by atoms with Crippen LogP contribution in [0.25, 0.3) is 0 Å². The third kappa shape index (κ3) is 4.59. The monoisotopic (exact) mass is 395 g/mol. The van der Waals surface area contributed by atoms with Crippen LogP contribution >= 0.6 is 22.6 Å². The summed E-state index contributed by atoms with van der Waals surface area (Å²) in [5.41, 5.74) is 1.14. The first-order valence-electron chi connectivity index (χ1n) is 7.27. The van der Waals surface area contributed by atoms with Gasteiger partial charge in [-0.1, -0.05) is 43.2 Å². The lowest BCUT2D eigenvalue weighted by Crippen LogP contribution is -2.04. The van der Waals surface area contributed by atoms with Crippen molar-refractivity contribution in [2.75, 3.05) is 6.61 Å². The summed E-state index contributed by atoms with van der Waals surface area (Å²) in [6.07, 6.45) is 3.81. The van der Waals surface area contributed by atoms with Gasteiger partial charge in [-0.3, -0.25) is 0 Å². The SMILES string of the molecule is Ic1ccc(OCc2ccccc2)c(OCCC2CC2)n1. The molecule has 0 saturated heterocycles. The van der Waals surface area contributed by atoms with E-state index in [1.54, 1.807) is 0 Å². The summed E-state index contributed by atoms with van der Waals surface area (Å²) in [4.78, 5) is 4.44. The molecule has 1 aliphatic carbocycles. The summed E-state index contributed by atoms with van der Waals surface area (Å²) in [5, 5.41) is 0. The smallest absolute Gasteiger partial charge is 0.258 e. The Balaban J connectivity index is 1.62. The number of aromatic nitrogens is 1. The van der Waals surface area contributed by atoms with Gasteiger partial charge in [-0.15, -0.1) is 0 Å². The van der Waals surface area contributed by atoms with Crippen molar-refractivity contribution < 1.29 is 9.47 Å². The highest BCUT2D eigenvalue weighted by atomic mass is 127. The summed E-state index contributed by atoms with van der Waals surface area (Å²) in [6.45, 7) is 1.25. The molecule has 4 heteroatoms. The molecular weight excluding hydrogens is 377 g/mol. The van der Waals surface area contributed by atoms with Gasteiger partial charge in [0.2, 0.25) is 0 Å². The van der Waals surface area contributed by atoms with Gasteiger partial charge in [0, 0.05) is 0 Å². The molecule has 1 saturated carbocycles. The van der Waals surface area contributed by atoms with Gasteiger partial charge in [-0.25, -0.2) is 4.98 Å². The average Bonchev–Trinajstić information content (AvgIpc) is 3.32. The highest BCUT2D eigenvalue weighted by Crippen LogP contribution is 2.33. The first kappa shape index (κ1) is 14.6. The number of nitrogens with zero attached hydrogens (tertiary/aromatic N) is 1. The molecule has 3 nitrogen and oxygen atoms in total. The van der Waals surface area contributed by atoms with Gasteiger partial charge < -0.3 is 9.47 Å². The van der Waals surface area contributed by atoms with Gasteiger partial charge in [-0.2, -0.15) is 0 Å². The van der Waals surface area contributed by atoms with Crippen molar-refractivity contribution in [2.24, 2.45) is 5.92 Å². The summed E-state index contributed by atoms with van der Waals surface area (Å²) in [7, 11) is 0. The standard InChI is InChI=1S/C17H18INO2/c18-16-9-8-15(21-12-14-4-2-1-3-5-14)17(19-16)20-11-10-13-6-7-13/h1-5,8-9,13H,6-7,10-12H2. The second-order valence-corrected chi connectivity index (χ2v) is 6.40. The Hall–Kier alpha value is -1.30. The largest absolute Gasteiger partial charge is 0.483 e. The van der Waals surface area contributed by atoms with Crippen molar-refractivity contribution in [2.45, 2.75) is 25.9 Å². The van der Waals surface area contributed by atoms with Crippen LogP contribution in [0.5, 0.6) is 11.6 Å². The molecule has 0 atom stereocenters. The van der Waals surface area contributed by atoms with Crippen LogP contribution in [-0.2, 0) is 6.61 Å². The Labute approximate surface area is 138 Å². The highest BCUT2D eigenvalue weighted by molar-refractivity contribution is 14.1. The lowest BCUT2D eigenvalue weighted by atomic mass is 10.2. The molecule has 1 fully saturated rings. The maximum Gasteiger partial charge on any atom is 0.258 e. The number of rotatable bonds is 7. The molecule has 1 heterocycles. The van der Waals surface area contributed by atoms with Crippen molar-refractivity contribution in [3.05, 3.63) is 51.7 Å². The van der Waals surface area contributed by atoms with Gasteiger partial charge in [-0.05, 0) is 52.6 Å². The number of pyridine rings is 1. The molecule has 0 N–H and O–H groups in total. The normalized spacial score (nSPS) is 14.0. The third-order valence-corrected chi connectivity index (χ3v) is 4.09. The maximum absolute atomic E-state index is 5.86. The Bertz CT molecular complexity index is 585. The van der Waals surface area contributed by atoms with Crippen molar-refractivity contribution in [1.82, 2.24) is 4.98 Å². The van der Waals surface area contributed by atoms with Gasteiger partial charge in [0.25, 0.3) is 5.88 Å². The van der Waals surface area contributed by atoms with E-state index in [4.69, 9.17) is 9.47 Å². The van der Waals surface area contributed by atoms with Crippen LogP contribution in [0.3, 0.4) is 0 Å². The van der Waals surface area contributed by atoms with Gasteiger partial charge in [0.15, 0.2) is 5.75 Å². The van der Waals surface area contributed by atoms with Crippen molar-refractivity contribution in [1.29, 1.82) is 0 Å². The third-order valence-electron chi connectivity index (χ3n) is 3.49. The van der Waals surface area contributed by atoms with Crippen molar-refractivity contribution in [3.63, 3.8) is 0 Å². The lowest BCUT2D eigenvalue weighted by Gasteiger charge is -2.12. The predicted octanol–water partition coefficient (Wildman–Crippen LogP) is 4.44. The van der Waals surface area contributed by atoms with Crippen molar-refractivity contribution in [3.8, 4) is 11.6 Å². The molecule has 0 bridgehead atoms. The Morgan fingerprint density at radius 1 is 1.05 bits per heavy atom. The minimum atomic E-state index is 0.530. The highest BCUT2D eigenvalue weighted by Gasteiger charge is 2.21. The van der Waals surface area contributed by atoms with Crippen LogP contribution in [0.15, 0.2) is 42.5 Å². The van der Waals surface area contributed by atoms with E-state index in [0.29, 0.717) is 12.5 Å². The fourth-order valence-electron chi connectivity index (χ4n) is 2.08. The van der Waals surface area contributed by atoms with E-state index in [1.165, 1.54) is 12.8 Å². The van der Waals surface area contributed by atoms with Crippen LogP contribution < -0.4 is 9.47 Å². The van der Waals surface area contributed by atoms with Gasteiger partial charge in [0.05, 0.1) is 6.61 Å². The molecule has 21 heavy (non-hydrogen) atoms. The molecule has 0 amide bonds. The van der Waals surface area contributed by atoms with Crippen LogP contribution in [0.1, 0.15) is 24.8 Å². The van der Waals surface area contributed by atoms with Crippen LogP contribution in [0, 0.1) is 9.62 Å². The zero-order valence-corrected chi connectivity index (χ0v) is 14.0. The molecule has 0 aliphatic heterocycles. The molecule has 110 valence electrons. The fourth-order valence-corrected chi connectivity index (χ4v) is 2.48. The summed E-state index contributed by atoms with van der Waals surface area (Å²) >= 11 is 2.19. The Morgan fingerprint density at radius 2 is 1.86 bits per heavy atom. The molecule has 3 rings (SSSR count). The van der Waals surface area contributed by atoms with Crippen LogP contribution in [-0.4, -0.2) is 11.6 Å². The Kier molecular flexibility index (Phi) is 4.95. The van der Waals surface area contributed by atoms with Crippen LogP contribution in [0.4, 0.5) is 0 Å². The zero-order valence-electron chi connectivity index (χ0n) is 11.8. The maximum atomic E-state index is 5.86. The molecule has 0 unspecified atom stereocenters. The second-order valence-electron chi connectivity index (χ2n) is 5.29. The minimum absolute atomic E-state index is 0.530. The summed E-state index contributed by atoms with van der Waals surface area (Å²) < 4.78 is 12.6. The van der Waals surface area contributed by atoms with Gasteiger partial charge in [0.1, 0.15) is 10.3 Å². The molecule has 0 spiro atoms. The second kappa shape index (κ2) is 7.11. The topological polar surface area (TPSA) is 31.4 Å². The molecular formula is C17H18INO2. The fraction of sp³-hybridized carbons (Fsp3) is 0.353. The van der Waals surface area contributed by atoms with Crippen molar-refractivity contribution >= 4 is 22.6 Å². The predicted molar refractivity (Wildman–Crippen MR) is 90.6 cm³/mol. The lowest BCUT2D eigenvalue weighted by molar-refractivity contribution is 0.247. The van der Waals surface area contributed by atoms with E-state index >= 15 is 0 Å². The zero-order chi connectivity index (χ0) is 14.5. The number of ether oxygens (including phenoxy) is 2. The van der Waals surface area contributed by atoms with E-state index in [1.807, 2.05) is 42.5 Å². The molecule has 1 aliphatic rings. The molecule has 2 aromatic rings. The molecule has 1 aromatic heterocycles. The van der Waals surface area contributed by atoms with E-state index < -0.39 is 0 Å². The van der Waals surface area contributed by atoms with E-state index in [0.717, 1.165) is 34.0 Å². The quantitative estimate of drug-likeness (QED) is 0.513. The van der Waals surface area contributed by atoms with E-state index in [2.05, 4.69) is 27.6 Å². The van der Waals surface area contributed by atoms with E-state index in [-0.39, 0.29) is 0 Å². The first-order chi connectivity index (χ1) is 10.3. The number of benzene rings is 1. The number of halogens is 1. The average molecular weight is 395 g/mol. The Morgan fingerprint density at radius 3 is 2.62 bits per heavy atom. The van der Waals surface area contributed by atoms with Gasteiger partial charge >= 0.3 is 0 Å². The summed E-state index contributed by atoms with van der Waals surface area (Å²) in [6, 6.07) is 14.0. The summed E-state index contributed by atoms with van der Waals surface area (Å²) in [5.74, 6) is 2.19. The molecule has 1 aromatic carbocycles. The first-order valence-corrected chi connectivity index (χ1v) is 8.35. The number of hydrogen-bond donors (Lipinski definition) is 0. The number of hydrogen-bond acceptors (Lipinski definition) is 3. The minimum Gasteiger partial charge on any atom is -0.483 e.